The SMILES string of the molecule is CC(C)Oc1ccc(Br)c(CC2CCN(C(=O)C3CCc4ccccc4N3)CC2)c1. The Morgan fingerprint density at radius 3 is 2.70 bits per heavy atom. The smallest absolute Gasteiger partial charge is 0.245 e. The maximum atomic E-state index is 13.1. The molecule has 2 aromatic rings. The minimum absolute atomic E-state index is 0.0875. The van der Waals surface area contributed by atoms with Gasteiger partial charge in [-0.1, -0.05) is 34.1 Å². The number of fused-ring (bicyclic) bond motifs is 1. The number of halogens is 1. The van der Waals surface area contributed by atoms with E-state index in [1.165, 1.54) is 11.1 Å². The van der Waals surface area contributed by atoms with Crippen molar-refractivity contribution in [1.82, 2.24) is 4.90 Å². The van der Waals surface area contributed by atoms with Crippen molar-refractivity contribution in [2.24, 2.45) is 5.92 Å². The van der Waals surface area contributed by atoms with Crippen LogP contribution >= 0.6 is 15.9 Å². The molecule has 2 aliphatic heterocycles. The Morgan fingerprint density at radius 2 is 1.93 bits per heavy atom. The molecular formula is C25H31BrN2O2. The first-order valence-corrected chi connectivity index (χ1v) is 11.9. The molecule has 2 aliphatic rings. The molecule has 1 atom stereocenters. The molecule has 0 aliphatic carbocycles. The van der Waals surface area contributed by atoms with E-state index in [9.17, 15) is 4.79 Å². The van der Waals surface area contributed by atoms with E-state index in [1.807, 2.05) is 26.0 Å². The van der Waals surface area contributed by atoms with Gasteiger partial charge in [-0.2, -0.15) is 0 Å². The van der Waals surface area contributed by atoms with E-state index in [2.05, 4.69) is 56.5 Å². The first kappa shape index (κ1) is 21.2. The number of nitrogens with one attached hydrogen (secondary N) is 1. The molecular weight excluding hydrogens is 440 g/mol. The summed E-state index contributed by atoms with van der Waals surface area (Å²) in [5, 5.41) is 3.46. The van der Waals surface area contributed by atoms with Crippen LogP contribution in [0.3, 0.4) is 0 Å². The summed E-state index contributed by atoms with van der Waals surface area (Å²) < 4.78 is 7.00. The number of anilines is 1. The molecule has 30 heavy (non-hydrogen) atoms. The van der Waals surface area contributed by atoms with E-state index < -0.39 is 0 Å². The molecule has 160 valence electrons. The summed E-state index contributed by atoms with van der Waals surface area (Å²) in [6.07, 6.45) is 5.15. The van der Waals surface area contributed by atoms with Crippen molar-refractivity contribution in [2.75, 3.05) is 18.4 Å². The van der Waals surface area contributed by atoms with E-state index in [0.717, 1.165) is 61.1 Å². The van der Waals surface area contributed by atoms with Gasteiger partial charge in [0.2, 0.25) is 5.91 Å². The number of ether oxygens (including phenoxy) is 1. The summed E-state index contributed by atoms with van der Waals surface area (Å²) in [6, 6.07) is 14.5. The quantitative estimate of drug-likeness (QED) is 0.631. The summed E-state index contributed by atoms with van der Waals surface area (Å²) in [5.41, 5.74) is 3.73. The highest BCUT2D eigenvalue weighted by Gasteiger charge is 2.30. The standard InChI is InChI=1S/C25H31BrN2O2/c1-17(2)30-21-8-9-22(26)20(16-21)15-18-11-13-28(14-12-18)25(29)24-10-7-19-5-3-4-6-23(19)27-24/h3-6,8-9,16-18,24,27H,7,10-15H2,1-2H3. The molecule has 1 fully saturated rings. The van der Waals surface area contributed by atoms with Gasteiger partial charge in [-0.15, -0.1) is 0 Å². The molecule has 0 aromatic heterocycles. The Kier molecular flexibility index (Phi) is 6.67. The van der Waals surface area contributed by atoms with Gasteiger partial charge in [0.25, 0.3) is 0 Å². The van der Waals surface area contributed by atoms with E-state index in [-0.39, 0.29) is 18.1 Å². The molecule has 1 amide bonds. The molecule has 1 N–H and O–H groups in total. The summed E-state index contributed by atoms with van der Waals surface area (Å²) in [6.45, 7) is 5.80. The number of benzene rings is 2. The van der Waals surface area contributed by atoms with Crippen LogP contribution in [-0.2, 0) is 17.6 Å². The van der Waals surface area contributed by atoms with Crippen LogP contribution < -0.4 is 10.1 Å². The van der Waals surface area contributed by atoms with Crippen molar-refractivity contribution in [3.05, 3.63) is 58.1 Å². The first-order valence-electron chi connectivity index (χ1n) is 11.1. The average molecular weight is 471 g/mol. The van der Waals surface area contributed by atoms with Gasteiger partial charge in [0, 0.05) is 23.2 Å². The Balaban J connectivity index is 1.32. The highest BCUT2D eigenvalue weighted by molar-refractivity contribution is 9.10. The fraction of sp³-hybridized carbons (Fsp3) is 0.480. The van der Waals surface area contributed by atoms with Gasteiger partial charge < -0.3 is 15.0 Å². The van der Waals surface area contributed by atoms with Crippen molar-refractivity contribution in [2.45, 2.75) is 58.1 Å². The zero-order chi connectivity index (χ0) is 21.1. The predicted octanol–water partition coefficient (Wildman–Crippen LogP) is 5.44. The summed E-state index contributed by atoms with van der Waals surface area (Å²) in [4.78, 5) is 15.1. The molecule has 5 heteroatoms. The second-order valence-corrected chi connectivity index (χ2v) is 9.64. The van der Waals surface area contributed by atoms with Crippen LogP contribution in [0, 0.1) is 5.92 Å². The lowest BCUT2D eigenvalue weighted by Crippen LogP contribution is -2.47. The number of carbonyl (C=O) groups excluding carboxylic acids is 1. The van der Waals surface area contributed by atoms with E-state index in [1.54, 1.807) is 0 Å². The number of para-hydroxylation sites is 1. The largest absolute Gasteiger partial charge is 0.491 e. The Bertz CT molecular complexity index is 890. The number of likely N-dealkylation sites (tertiary alicyclic amines) is 1. The van der Waals surface area contributed by atoms with E-state index in [4.69, 9.17) is 4.74 Å². The number of piperidine rings is 1. The predicted molar refractivity (Wildman–Crippen MR) is 125 cm³/mol. The van der Waals surface area contributed by atoms with Gasteiger partial charge in [0.15, 0.2) is 0 Å². The van der Waals surface area contributed by atoms with Crippen LogP contribution in [-0.4, -0.2) is 36.0 Å². The van der Waals surface area contributed by atoms with Gasteiger partial charge in [-0.3, -0.25) is 4.79 Å². The molecule has 1 saturated heterocycles. The number of hydrogen-bond acceptors (Lipinski definition) is 3. The summed E-state index contributed by atoms with van der Waals surface area (Å²) in [5.74, 6) is 1.79. The maximum Gasteiger partial charge on any atom is 0.245 e. The molecule has 4 nitrogen and oxygen atoms in total. The normalized spacial score (nSPS) is 19.3. The van der Waals surface area contributed by atoms with Crippen molar-refractivity contribution >= 4 is 27.5 Å². The lowest BCUT2D eigenvalue weighted by molar-refractivity contribution is -0.133. The van der Waals surface area contributed by atoms with E-state index in [0.29, 0.717) is 5.92 Å². The lowest BCUT2D eigenvalue weighted by atomic mass is 9.89. The number of rotatable bonds is 5. The molecule has 1 unspecified atom stereocenters. The number of nitrogens with zero attached hydrogens (tertiary/aromatic N) is 1. The van der Waals surface area contributed by atoms with Gasteiger partial charge in [-0.25, -0.2) is 0 Å². The number of amides is 1. The van der Waals surface area contributed by atoms with Crippen LogP contribution in [0.2, 0.25) is 0 Å². The highest BCUT2D eigenvalue weighted by atomic mass is 79.9. The third-order valence-electron chi connectivity index (χ3n) is 6.17. The van der Waals surface area contributed by atoms with Crippen LogP contribution in [0.1, 0.15) is 44.2 Å². The monoisotopic (exact) mass is 470 g/mol. The summed E-state index contributed by atoms with van der Waals surface area (Å²) >= 11 is 3.70. The van der Waals surface area contributed by atoms with Crippen molar-refractivity contribution < 1.29 is 9.53 Å². The van der Waals surface area contributed by atoms with Crippen LogP contribution in [0.5, 0.6) is 5.75 Å². The minimum atomic E-state index is -0.0875. The molecule has 0 bridgehead atoms. The van der Waals surface area contributed by atoms with Crippen LogP contribution in [0.25, 0.3) is 0 Å². The fourth-order valence-electron chi connectivity index (χ4n) is 4.57. The third kappa shape index (κ3) is 5.00. The second-order valence-electron chi connectivity index (χ2n) is 8.79. The molecule has 4 rings (SSSR count). The van der Waals surface area contributed by atoms with Crippen molar-refractivity contribution in [1.29, 1.82) is 0 Å². The number of hydrogen-bond donors (Lipinski definition) is 1. The van der Waals surface area contributed by atoms with Crippen molar-refractivity contribution in [3.63, 3.8) is 0 Å². The molecule has 2 heterocycles. The van der Waals surface area contributed by atoms with Crippen LogP contribution in [0.4, 0.5) is 5.69 Å². The second kappa shape index (κ2) is 9.42. The van der Waals surface area contributed by atoms with Gasteiger partial charge in [0.05, 0.1) is 6.10 Å². The maximum absolute atomic E-state index is 13.1. The molecule has 0 saturated carbocycles. The Hall–Kier alpha value is -2.01. The minimum Gasteiger partial charge on any atom is -0.491 e. The first-order chi connectivity index (χ1) is 14.5. The van der Waals surface area contributed by atoms with Crippen LogP contribution in [0.15, 0.2) is 46.9 Å². The zero-order valence-electron chi connectivity index (χ0n) is 17.9. The van der Waals surface area contributed by atoms with Gasteiger partial charge in [0.1, 0.15) is 11.8 Å². The molecule has 0 radical (unpaired) electrons. The lowest BCUT2D eigenvalue weighted by Gasteiger charge is -2.36. The van der Waals surface area contributed by atoms with E-state index >= 15 is 0 Å². The van der Waals surface area contributed by atoms with Crippen molar-refractivity contribution in [3.8, 4) is 5.75 Å². The fourth-order valence-corrected chi connectivity index (χ4v) is 4.97. The van der Waals surface area contributed by atoms with Gasteiger partial charge in [-0.05, 0) is 87.3 Å². The van der Waals surface area contributed by atoms with Gasteiger partial charge >= 0.3 is 0 Å². The average Bonchev–Trinajstić information content (AvgIpc) is 2.75. The molecule has 2 aromatic carbocycles. The third-order valence-corrected chi connectivity index (χ3v) is 6.94. The Morgan fingerprint density at radius 1 is 1.17 bits per heavy atom. The zero-order valence-corrected chi connectivity index (χ0v) is 19.5. The number of carbonyl (C=O) groups is 1. The highest BCUT2D eigenvalue weighted by Crippen LogP contribution is 2.30. The number of aryl methyl sites for hydroxylation is 1. The topological polar surface area (TPSA) is 41.6 Å². The Labute approximate surface area is 188 Å². The molecule has 0 spiro atoms. The summed E-state index contributed by atoms with van der Waals surface area (Å²) in [7, 11) is 0.